The Morgan fingerprint density at radius 2 is 1.95 bits per heavy atom. The van der Waals surface area contributed by atoms with E-state index in [-0.39, 0.29) is 5.54 Å². The third-order valence-corrected chi connectivity index (χ3v) is 4.80. The first-order chi connectivity index (χ1) is 9.37. The molecule has 2 rings (SSSR count). The molecule has 2 N–H and O–H groups in total. The van der Waals surface area contributed by atoms with E-state index < -0.39 is 0 Å². The molecule has 0 aliphatic heterocycles. The molecule has 1 saturated carbocycles. The summed E-state index contributed by atoms with van der Waals surface area (Å²) < 4.78 is 0. The number of nitrogens with two attached hydrogens (primary N) is 1. The van der Waals surface area contributed by atoms with Crippen LogP contribution in [0.2, 0.25) is 0 Å². The van der Waals surface area contributed by atoms with Crippen molar-refractivity contribution in [3.05, 3.63) is 30.1 Å². The van der Waals surface area contributed by atoms with E-state index in [1.807, 2.05) is 12.4 Å². The number of aromatic nitrogens is 1. The molecule has 20 heavy (non-hydrogen) atoms. The standard InChI is InChI=1S/C17H29N3/c1-14-9-16(2,3)12-17(10-14,13-18)20(4)11-15-5-7-19-8-6-15/h5-8,14H,9-13,18H2,1-4H3. The first-order valence-corrected chi connectivity index (χ1v) is 7.67. The highest BCUT2D eigenvalue weighted by Gasteiger charge is 2.44. The zero-order chi connectivity index (χ0) is 14.8. The van der Waals surface area contributed by atoms with Gasteiger partial charge in [-0.3, -0.25) is 9.88 Å². The van der Waals surface area contributed by atoms with Crippen LogP contribution in [-0.2, 0) is 6.54 Å². The van der Waals surface area contributed by atoms with E-state index in [1.54, 1.807) is 0 Å². The van der Waals surface area contributed by atoms with Gasteiger partial charge in [-0.05, 0) is 55.3 Å². The van der Waals surface area contributed by atoms with Gasteiger partial charge in [-0.2, -0.15) is 0 Å². The quantitative estimate of drug-likeness (QED) is 0.918. The summed E-state index contributed by atoms with van der Waals surface area (Å²) in [5.74, 6) is 0.738. The predicted octanol–water partition coefficient (Wildman–Crippen LogP) is 3.06. The van der Waals surface area contributed by atoms with E-state index in [1.165, 1.54) is 24.8 Å². The van der Waals surface area contributed by atoms with E-state index in [2.05, 4.69) is 49.8 Å². The molecule has 112 valence electrons. The van der Waals surface area contributed by atoms with Gasteiger partial charge in [0.05, 0.1) is 0 Å². The maximum atomic E-state index is 6.22. The smallest absolute Gasteiger partial charge is 0.0339 e. The van der Waals surface area contributed by atoms with E-state index in [0.717, 1.165) is 19.0 Å². The third-order valence-electron chi connectivity index (χ3n) is 4.80. The lowest BCUT2D eigenvalue weighted by Gasteiger charge is -2.52. The summed E-state index contributed by atoms with van der Waals surface area (Å²) >= 11 is 0. The molecule has 3 nitrogen and oxygen atoms in total. The lowest BCUT2D eigenvalue weighted by molar-refractivity contribution is -0.00114. The van der Waals surface area contributed by atoms with Crippen LogP contribution in [0, 0.1) is 11.3 Å². The minimum absolute atomic E-state index is 0.129. The van der Waals surface area contributed by atoms with Gasteiger partial charge in [-0.15, -0.1) is 0 Å². The molecule has 1 aromatic heterocycles. The van der Waals surface area contributed by atoms with Crippen LogP contribution in [0.3, 0.4) is 0 Å². The highest BCUT2D eigenvalue weighted by Crippen LogP contribution is 2.46. The van der Waals surface area contributed by atoms with Crippen LogP contribution >= 0.6 is 0 Å². The molecule has 1 aliphatic carbocycles. The van der Waals surface area contributed by atoms with E-state index >= 15 is 0 Å². The molecule has 0 bridgehead atoms. The van der Waals surface area contributed by atoms with Gasteiger partial charge in [0, 0.05) is 31.0 Å². The fourth-order valence-electron chi connectivity index (χ4n) is 4.23. The minimum Gasteiger partial charge on any atom is -0.329 e. The Bertz CT molecular complexity index is 429. The molecule has 1 aliphatic rings. The molecule has 2 unspecified atom stereocenters. The van der Waals surface area contributed by atoms with Gasteiger partial charge in [0.2, 0.25) is 0 Å². The van der Waals surface area contributed by atoms with Gasteiger partial charge in [0.1, 0.15) is 0 Å². The highest BCUT2D eigenvalue weighted by atomic mass is 15.2. The average Bonchev–Trinajstić information content (AvgIpc) is 2.37. The fraction of sp³-hybridized carbons (Fsp3) is 0.706. The maximum absolute atomic E-state index is 6.22. The Morgan fingerprint density at radius 1 is 1.30 bits per heavy atom. The molecule has 2 atom stereocenters. The van der Waals surface area contributed by atoms with Gasteiger partial charge in [0.15, 0.2) is 0 Å². The van der Waals surface area contributed by atoms with E-state index in [4.69, 9.17) is 5.73 Å². The van der Waals surface area contributed by atoms with Crippen LogP contribution in [0.15, 0.2) is 24.5 Å². The molecular weight excluding hydrogens is 246 g/mol. The number of likely N-dealkylation sites (N-methyl/N-ethyl adjacent to an activating group) is 1. The largest absolute Gasteiger partial charge is 0.329 e. The summed E-state index contributed by atoms with van der Waals surface area (Å²) in [6.07, 6.45) is 7.42. The third kappa shape index (κ3) is 3.39. The van der Waals surface area contributed by atoms with Crippen molar-refractivity contribution in [2.24, 2.45) is 17.1 Å². The van der Waals surface area contributed by atoms with Crippen molar-refractivity contribution in [3.8, 4) is 0 Å². The molecular formula is C17H29N3. The summed E-state index contributed by atoms with van der Waals surface area (Å²) in [5, 5.41) is 0. The Kier molecular flexibility index (Phi) is 4.50. The Hall–Kier alpha value is -0.930. The van der Waals surface area contributed by atoms with Gasteiger partial charge in [-0.1, -0.05) is 20.8 Å². The van der Waals surface area contributed by atoms with Gasteiger partial charge < -0.3 is 5.73 Å². The van der Waals surface area contributed by atoms with Crippen molar-refractivity contribution in [2.45, 2.75) is 52.1 Å². The molecule has 0 radical (unpaired) electrons. The fourth-order valence-corrected chi connectivity index (χ4v) is 4.23. The Labute approximate surface area is 123 Å². The number of hydrogen-bond acceptors (Lipinski definition) is 3. The van der Waals surface area contributed by atoms with Gasteiger partial charge >= 0.3 is 0 Å². The van der Waals surface area contributed by atoms with Crippen molar-refractivity contribution in [1.82, 2.24) is 9.88 Å². The number of rotatable bonds is 4. The van der Waals surface area contributed by atoms with E-state index in [0.29, 0.717) is 5.41 Å². The second kappa shape index (κ2) is 5.82. The van der Waals surface area contributed by atoms with Crippen molar-refractivity contribution in [2.75, 3.05) is 13.6 Å². The molecule has 1 fully saturated rings. The Balaban J connectivity index is 2.17. The van der Waals surface area contributed by atoms with Crippen LogP contribution in [0.4, 0.5) is 0 Å². The minimum atomic E-state index is 0.129. The Morgan fingerprint density at radius 3 is 2.50 bits per heavy atom. The van der Waals surface area contributed by atoms with Crippen molar-refractivity contribution < 1.29 is 0 Å². The van der Waals surface area contributed by atoms with Gasteiger partial charge in [0.25, 0.3) is 0 Å². The van der Waals surface area contributed by atoms with Crippen molar-refractivity contribution in [1.29, 1.82) is 0 Å². The topological polar surface area (TPSA) is 42.1 Å². The van der Waals surface area contributed by atoms with Crippen LogP contribution in [0.25, 0.3) is 0 Å². The zero-order valence-corrected chi connectivity index (χ0v) is 13.4. The SMILES string of the molecule is CC1CC(C)(C)CC(CN)(N(C)Cc2ccncc2)C1. The first-order valence-electron chi connectivity index (χ1n) is 7.67. The molecule has 1 aromatic rings. The summed E-state index contributed by atoms with van der Waals surface area (Å²) in [4.78, 5) is 6.57. The molecule has 0 aromatic carbocycles. The first kappa shape index (κ1) is 15.5. The summed E-state index contributed by atoms with van der Waals surface area (Å²) in [7, 11) is 2.22. The lowest BCUT2D eigenvalue weighted by atomic mass is 9.63. The molecule has 0 amide bonds. The van der Waals surface area contributed by atoms with Crippen molar-refractivity contribution in [3.63, 3.8) is 0 Å². The number of pyridine rings is 1. The van der Waals surface area contributed by atoms with Crippen LogP contribution in [-0.4, -0.2) is 29.0 Å². The molecule has 1 heterocycles. The maximum Gasteiger partial charge on any atom is 0.0339 e. The van der Waals surface area contributed by atoms with Crippen LogP contribution < -0.4 is 5.73 Å². The van der Waals surface area contributed by atoms with Crippen LogP contribution in [0.1, 0.15) is 45.6 Å². The lowest BCUT2D eigenvalue weighted by Crippen LogP contribution is -2.57. The predicted molar refractivity (Wildman–Crippen MR) is 84.3 cm³/mol. The molecule has 0 saturated heterocycles. The molecule has 3 heteroatoms. The van der Waals surface area contributed by atoms with E-state index in [9.17, 15) is 0 Å². The zero-order valence-electron chi connectivity index (χ0n) is 13.4. The summed E-state index contributed by atoms with van der Waals surface area (Å²) in [6.45, 7) is 8.82. The number of nitrogens with zero attached hydrogens (tertiary/aromatic N) is 2. The average molecular weight is 275 g/mol. The van der Waals surface area contributed by atoms with Crippen molar-refractivity contribution >= 4 is 0 Å². The molecule has 0 spiro atoms. The monoisotopic (exact) mass is 275 g/mol. The summed E-state index contributed by atoms with van der Waals surface area (Å²) in [5.41, 5.74) is 8.04. The summed E-state index contributed by atoms with van der Waals surface area (Å²) in [6, 6.07) is 4.19. The number of hydrogen-bond donors (Lipinski definition) is 1. The second-order valence-corrected chi connectivity index (χ2v) is 7.49. The highest BCUT2D eigenvalue weighted by molar-refractivity contribution is 5.11. The second-order valence-electron chi connectivity index (χ2n) is 7.49. The van der Waals surface area contributed by atoms with Crippen LogP contribution in [0.5, 0.6) is 0 Å². The normalized spacial score (nSPS) is 29.6. The van der Waals surface area contributed by atoms with Gasteiger partial charge in [-0.25, -0.2) is 0 Å².